The topological polar surface area (TPSA) is 49.6 Å². The van der Waals surface area contributed by atoms with Crippen LogP contribution in [0.5, 0.6) is 0 Å². The molecule has 4 heteroatoms. The summed E-state index contributed by atoms with van der Waals surface area (Å²) in [6.45, 7) is 5.88. The third-order valence-electron chi connectivity index (χ3n) is 3.61. The van der Waals surface area contributed by atoms with Crippen molar-refractivity contribution in [3.63, 3.8) is 0 Å². The maximum atomic E-state index is 12.4. The van der Waals surface area contributed by atoms with Gasteiger partial charge in [0.15, 0.2) is 0 Å². The van der Waals surface area contributed by atoms with Crippen LogP contribution < -0.4 is 5.73 Å². The van der Waals surface area contributed by atoms with Crippen molar-refractivity contribution in [1.29, 1.82) is 0 Å². The standard InChI is InChI=1S/C13H27N3O/c1-5-16(10(2)9-15(3)4)13(17)11-6-7-12(14)8-11/h10-12H,5-9,14H2,1-4H3. The van der Waals surface area contributed by atoms with E-state index in [0.29, 0.717) is 5.91 Å². The summed E-state index contributed by atoms with van der Waals surface area (Å²) in [4.78, 5) is 16.5. The van der Waals surface area contributed by atoms with E-state index in [9.17, 15) is 4.79 Å². The molecule has 100 valence electrons. The molecule has 0 radical (unpaired) electrons. The molecule has 0 aliphatic heterocycles. The van der Waals surface area contributed by atoms with Gasteiger partial charge in [-0.05, 0) is 47.2 Å². The van der Waals surface area contributed by atoms with E-state index >= 15 is 0 Å². The maximum absolute atomic E-state index is 12.4. The van der Waals surface area contributed by atoms with Crippen LogP contribution in [0.3, 0.4) is 0 Å². The van der Waals surface area contributed by atoms with Gasteiger partial charge in [0.2, 0.25) is 5.91 Å². The summed E-state index contributed by atoms with van der Waals surface area (Å²) < 4.78 is 0. The molecule has 3 unspecified atom stereocenters. The van der Waals surface area contributed by atoms with E-state index in [0.717, 1.165) is 32.4 Å². The molecule has 0 aromatic heterocycles. The number of amides is 1. The van der Waals surface area contributed by atoms with Crippen LogP contribution in [0.1, 0.15) is 33.1 Å². The Hall–Kier alpha value is -0.610. The minimum absolute atomic E-state index is 0.162. The van der Waals surface area contributed by atoms with Gasteiger partial charge in [-0.2, -0.15) is 0 Å². The lowest BCUT2D eigenvalue weighted by Crippen LogP contribution is -2.46. The molecular formula is C13H27N3O. The highest BCUT2D eigenvalue weighted by Gasteiger charge is 2.32. The van der Waals surface area contributed by atoms with E-state index in [4.69, 9.17) is 5.73 Å². The first-order valence-electron chi connectivity index (χ1n) is 6.66. The third kappa shape index (κ3) is 3.96. The van der Waals surface area contributed by atoms with Crippen molar-refractivity contribution < 1.29 is 4.79 Å². The predicted molar refractivity (Wildman–Crippen MR) is 70.7 cm³/mol. The quantitative estimate of drug-likeness (QED) is 0.778. The second kappa shape index (κ2) is 6.36. The normalized spacial score (nSPS) is 26.2. The summed E-state index contributed by atoms with van der Waals surface area (Å²) >= 11 is 0. The van der Waals surface area contributed by atoms with Gasteiger partial charge in [0.05, 0.1) is 0 Å². The summed E-state index contributed by atoms with van der Waals surface area (Å²) in [6.07, 6.45) is 2.82. The van der Waals surface area contributed by atoms with Crippen LogP contribution in [-0.2, 0) is 4.79 Å². The highest BCUT2D eigenvalue weighted by atomic mass is 16.2. The number of hydrogen-bond donors (Lipinski definition) is 1. The molecule has 1 rings (SSSR count). The van der Waals surface area contributed by atoms with Crippen molar-refractivity contribution >= 4 is 5.91 Å². The number of likely N-dealkylation sites (N-methyl/N-ethyl adjacent to an activating group) is 2. The highest BCUT2D eigenvalue weighted by Crippen LogP contribution is 2.26. The number of hydrogen-bond acceptors (Lipinski definition) is 3. The van der Waals surface area contributed by atoms with E-state index in [1.807, 2.05) is 19.0 Å². The molecule has 1 saturated carbocycles. The van der Waals surface area contributed by atoms with Crippen molar-refractivity contribution in [3.8, 4) is 0 Å². The number of rotatable bonds is 5. The summed E-state index contributed by atoms with van der Waals surface area (Å²) in [6, 6.07) is 0.506. The van der Waals surface area contributed by atoms with Gasteiger partial charge >= 0.3 is 0 Å². The molecule has 0 heterocycles. The number of nitrogens with zero attached hydrogens (tertiary/aromatic N) is 2. The molecule has 1 aliphatic carbocycles. The number of nitrogens with two attached hydrogens (primary N) is 1. The second-order valence-electron chi connectivity index (χ2n) is 5.51. The fraction of sp³-hybridized carbons (Fsp3) is 0.923. The fourth-order valence-electron chi connectivity index (χ4n) is 2.79. The van der Waals surface area contributed by atoms with Crippen LogP contribution >= 0.6 is 0 Å². The van der Waals surface area contributed by atoms with Crippen molar-refractivity contribution in [2.75, 3.05) is 27.2 Å². The molecule has 17 heavy (non-hydrogen) atoms. The lowest BCUT2D eigenvalue weighted by Gasteiger charge is -2.32. The Morgan fingerprint density at radius 3 is 2.47 bits per heavy atom. The van der Waals surface area contributed by atoms with Gasteiger partial charge in [-0.3, -0.25) is 4.79 Å². The number of carbonyl (C=O) groups is 1. The molecule has 0 aromatic carbocycles. The Morgan fingerprint density at radius 1 is 1.41 bits per heavy atom. The Morgan fingerprint density at radius 2 is 2.06 bits per heavy atom. The molecule has 1 aliphatic rings. The van der Waals surface area contributed by atoms with Gasteiger partial charge < -0.3 is 15.5 Å². The zero-order chi connectivity index (χ0) is 13.0. The molecule has 4 nitrogen and oxygen atoms in total. The van der Waals surface area contributed by atoms with Crippen LogP contribution in [-0.4, -0.2) is 55.0 Å². The minimum Gasteiger partial charge on any atom is -0.339 e. The first-order chi connectivity index (χ1) is 7.95. The fourth-order valence-corrected chi connectivity index (χ4v) is 2.79. The lowest BCUT2D eigenvalue weighted by atomic mass is 10.0. The molecule has 0 spiro atoms. The van der Waals surface area contributed by atoms with Crippen LogP contribution in [0.15, 0.2) is 0 Å². The number of carbonyl (C=O) groups excluding carboxylic acids is 1. The monoisotopic (exact) mass is 241 g/mol. The third-order valence-corrected chi connectivity index (χ3v) is 3.61. The zero-order valence-corrected chi connectivity index (χ0v) is 11.6. The Kier molecular flexibility index (Phi) is 5.40. The average molecular weight is 241 g/mol. The Balaban J connectivity index is 2.57. The summed E-state index contributed by atoms with van der Waals surface area (Å²) in [7, 11) is 4.08. The Labute approximate surface area is 105 Å². The molecule has 2 N–H and O–H groups in total. The van der Waals surface area contributed by atoms with Gasteiger partial charge in [0, 0.05) is 31.1 Å². The van der Waals surface area contributed by atoms with Gasteiger partial charge in [-0.15, -0.1) is 0 Å². The van der Waals surface area contributed by atoms with Crippen LogP contribution in [0.4, 0.5) is 0 Å². The van der Waals surface area contributed by atoms with Crippen molar-refractivity contribution in [1.82, 2.24) is 9.80 Å². The molecule has 0 saturated heterocycles. The lowest BCUT2D eigenvalue weighted by molar-refractivity contribution is -0.137. The second-order valence-corrected chi connectivity index (χ2v) is 5.51. The van der Waals surface area contributed by atoms with E-state index in [2.05, 4.69) is 18.7 Å². The summed E-state index contributed by atoms with van der Waals surface area (Å²) in [5.74, 6) is 0.462. The largest absolute Gasteiger partial charge is 0.339 e. The van der Waals surface area contributed by atoms with Crippen LogP contribution in [0.25, 0.3) is 0 Å². The van der Waals surface area contributed by atoms with Gasteiger partial charge in [-0.25, -0.2) is 0 Å². The minimum atomic E-state index is 0.162. The molecule has 1 fully saturated rings. The SMILES string of the molecule is CCN(C(=O)C1CCC(N)C1)C(C)CN(C)C. The van der Waals surface area contributed by atoms with Crippen molar-refractivity contribution in [2.24, 2.45) is 11.7 Å². The maximum Gasteiger partial charge on any atom is 0.226 e. The molecule has 0 aromatic rings. The van der Waals surface area contributed by atoms with Gasteiger partial charge in [-0.1, -0.05) is 0 Å². The van der Waals surface area contributed by atoms with Gasteiger partial charge in [0.1, 0.15) is 0 Å². The highest BCUT2D eigenvalue weighted by molar-refractivity contribution is 5.79. The summed E-state index contributed by atoms with van der Waals surface area (Å²) in [5, 5.41) is 0. The van der Waals surface area contributed by atoms with E-state index in [-0.39, 0.29) is 18.0 Å². The first kappa shape index (κ1) is 14.5. The summed E-state index contributed by atoms with van der Waals surface area (Å²) in [5.41, 5.74) is 5.88. The molecule has 3 atom stereocenters. The zero-order valence-electron chi connectivity index (χ0n) is 11.6. The van der Waals surface area contributed by atoms with Crippen LogP contribution in [0, 0.1) is 5.92 Å². The van der Waals surface area contributed by atoms with E-state index in [1.165, 1.54) is 0 Å². The smallest absolute Gasteiger partial charge is 0.226 e. The predicted octanol–water partition coefficient (Wildman–Crippen LogP) is 0.912. The van der Waals surface area contributed by atoms with Crippen LogP contribution in [0.2, 0.25) is 0 Å². The Bertz CT molecular complexity index is 255. The molecular weight excluding hydrogens is 214 g/mol. The van der Waals surface area contributed by atoms with E-state index < -0.39 is 0 Å². The molecule has 1 amide bonds. The van der Waals surface area contributed by atoms with Crippen molar-refractivity contribution in [2.45, 2.75) is 45.2 Å². The van der Waals surface area contributed by atoms with Gasteiger partial charge in [0.25, 0.3) is 0 Å². The molecule has 0 bridgehead atoms. The van der Waals surface area contributed by atoms with Crippen molar-refractivity contribution in [3.05, 3.63) is 0 Å². The first-order valence-corrected chi connectivity index (χ1v) is 6.66. The average Bonchev–Trinajstić information content (AvgIpc) is 2.64. The van der Waals surface area contributed by atoms with E-state index in [1.54, 1.807) is 0 Å².